The van der Waals surface area contributed by atoms with Crippen molar-refractivity contribution in [2.24, 2.45) is 5.92 Å². The number of amides is 1. The number of carboxylic acids is 1. The van der Waals surface area contributed by atoms with Gasteiger partial charge in [-0.25, -0.2) is 4.79 Å². The first-order valence-electron chi connectivity index (χ1n) is 7.29. The molecule has 1 atom stereocenters. The van der Waals surface area contributed by atoms with Crippen molar-refractivity contribution in [2.45, 2.75) is 38.1 Å². The van der Waals surface area contributed by atoms with Gasteiger partial charge in [0.1, 0.15) is 5.75 Å². The fraction of sp³-hybridized carbons (Fsp3) is 0.500. The van der Waals surface area contributed by atoms with E-state index in [9.17, 15) is 14.7 Å². The van der Waals surface area contributed by atoms with Crippen LogP contribution in [0, 0.1) is 5.92 Å². The number of carbonyl (C=O) groups is 2. The van der Waals surface area contributed by atoms with E-state index in [4.69, 9.17) is 4.74 Å². The van der Waals surface area contributed by atoms with E-state index in [0.717, 1.165) is 32.1 Å². The van der Waals surface area contributed by atoms with Crippen molar-refractivity contribution in [2.75, 3.05) is 7.11 Å². The third-order valence-electron chi connectivity index (χ3n) is 3.96. The van der Waals surface area contributed by atoms with Gasteiger partial charge < -0.3 is 15.2 Å². The van der Waals surface area contributed by atoms with Crippen LogP contribution in [0.4, 0.5) is 0 Å². The largest absolute Gasteiger partial charge is 0.497 e. The maximum absolute atomic E-state index is 12.2. The Morgan fingerprint density at radius 3 is 2.33 bits per heavy atom. The Kier molecular flexibility index (Phi) is 5.20. The predicted molar refractivity (Wildman–Crippen MR) is 78.1 cm³/mol. The Bertz CT molecular complexity index is 492. The Hall–Kier alpha value is -2.04. The highest BCUT2D eigenvalue weighted by Crippen LogP contribution is 2.25. The van der Waals surface area contributed by atoms with E-state index in [1.807, 2.05) is 0 Å². The Balaban J connectivity index is 2.07. The van der Waals surface area contributed by atoms with Crippen LogP contribution in [0.1, 0.15) is 43.7 Å². The molecule has 114 valence electrons. The molecule has 0 aliphatic heterocycles. The summed E-state index contributed by atoms with van der Waals surface area (Å²) in [6, 6.07) is 5.71. The molecule has 0 spiro atoms. The van der Waals surface area contributed by atoms with Crippen molar-refractivity contribution in [3.63, 3.8) is 0 Å². The topological polar surface area (TPSA) is 75.6 Å². The molecule has 0 heterocycles. The molecule has 1 aromatic carbocycles. The minimum Gasteiger partial charge on any atom is -0.497 e. The average Bonchev–Trinajstić information content (AvgIpc) is 2.53. The van der Waals surface area contributed by atoms with Gasteiger partial charge in [-0.1, -0.05) is 31.4 Å². The van der Waals surface area contributed by atoms with Crippen LogP contribution in [-0.4, -0.2) is 24.1 Å². The first-order valence-corrected chi connectivity index (χ1v) is 7.29. The van der Waals surface area contributed by atoms with E-state index in [1.54, 1.807) is 31.4 Å². The van der Waals surface area contributed by atoms with E-state index >= 15 is 0 Å². The van der Waals surface area contributed by atoms with Gasteiger partial charge in [0.25, 0.3) is 0 Å². The molecule has 5 nitrogen and oxygen atoms in total. The molecule has 1 saturated carbocycles. The lowest BCUT2D eigenvalue weighted by molar-refractivity contribution is -0.142. The minimum absolute atomic E-state index is 0.0566. The van der Waals surface area contributed by atoms with E-state index in [-0.39, 0.29) is 11.8 Å². The molecule has 0 saturated heterocycles. The standard InChI is InChI=1S/C16H21NO4/c1-21-13-9-7-11(8-10-13)14(16(19)20)17-15(18)12-5-3-2-4-6-12/h7-10,12,14H,2-6H2,1H3,(H,17,18)(H,19,20). The number of carbonyl (C=O) groups excluding carboxylic acids is 1. The average molecular weight is 291 g/mol. The van der Waals surface area contributed by atoms with Crippen molar-refractivity contribution < 1.29 is 19.4 Å². The molecule has 5 heteroatoms. The van der Waals surface area contributed by atoms with Crippen LogP contribution in [-0.2, 0) is 9.59 Å². The number of carboxylic acid groups (broad SMARTS) is 1. The second-order valence-electron chi connectivity index (χ2n) is 5.39. The van der Waals surface area contributed by atoms with Crippen LogP contribution in [0.3, 0.4) is 0 Å². The summed E-state index contributed by atoms with van der Waals surface area (Å²) in [6.45, 7) is 0. The van der Waals surface area contributed by atoms with Crippen molar-refractivity contribution in [1.82, 2.24) is 5.32 Å². The zero-order valence-electron chi connectivity index (χ0n) is 12.2. The molecule has 1 amide bonds. The van der Waals surface area contributed by atoms with Gasteiger partial charge in [0, 0.05) is 5.92 Å². The van der Waals surface area contributed by atoms with Gasteiger partial charge in [-0.05, 0) is 30.5 Å². The Morgan fingerprint density at radius 1 is 1.19 bits per heavy atom. The van der Waals surface area contributed by atoms with E-state index in [2.05, 4.69) is 5.32 Å². The first kappa shape index (κ1) is 15.4. The highest BCUT2D eigenvalue weighted by molar-refractivity contribution is 5.85. The highest BCUT2D eigenvalue weighted by Gasteiger charge is 2.27. The summed E-state index contributed by atoms with van der Waals surface area (Å²) in [5, 5.41) is 12.0. The molecule has 2 N–H and O–H groups in total. The van der Waals surface area contributed by atoms with Crippen molar-refractivity contribution in [1.29, 1.82) is 0 Å². The summed E-state index contributed by atoms with van der Waals surface area (Å²) in [4.78, 5) is 23.6. The SMILES string of the molecule is COc1ccc(C(NC(=O)C2CCCCC2)C(=O)O)cc1. The van der Waals surface area contributed by atoms with Gasteiger partial charge in [0.05, 0.1) is 7.11 Å². The first-order chi connectivity index (χ1) is 10.1. The maximum atomic E-state index is 12.2. The lowest BCUT2D eigenvalue weighted by Crippen LogP contribution is -2.38. The van der Waals surface area contributed by atoms with Crippen LogP contribution in [0.25, 0.3) is 0 Å². The molecule has 0 bridgehead atoms. The summed E-state index contributed by atoms with van der Waals surface area (Å²) in [7, 11) is 1.55. The second-order valence-corrected chi connectivity index (χ2v) is 5.39. The summed E-state index contributed by atoms with van der Waals surface area (Å²) < 4.78 is 5.05. The molecule has 1 aromatic rings. The van der Waals surface area contributed by atoms with Crippen molar-refractivity contribution >= 4 is 11.9 Å². The van der Waals surface area contributed by atoms with E-state index in [0.29, 0.717) is 11.3 Å². The third-order valence-corrected chi connectivity index (χ3v) is 3.96. The maximum Gasteiger partial charge on any atom is 0.330 e. The molecule has 1 aliphatic carbocycles. The van der Waals surface area contributed by atoms with E-state index in [1.165, 1.54) is 0 Å². The number of hydrogen-bond acceptors (Lipinski definition) is 3. The highest BCUT2D eigenvalue weighted by atomic mass is 16.5. The van der Waals surface area contributed by atoms with Crippen LogP contribution in [0.2, 0.25) is 0 Å². The van der Waals surface area contributed by atoms with Gasteiger partial charge in [0.15, 0.2) is 6.04 Å². The van der Waals surface area contributed by atoms with Crippen molar-refractivity contribution in [3.05, 3.63) is 29.8 Å². The van der Waals surface area contributed by atoms with Crippen LogP contribution >= 0.6 is 0 Å². The zero-order chi connectivity index (χ0) is 15.2. The summed E-state index contributed by atoms with van der Waals surface area (Å²) >= 11 is 0. The van der Waals surface area contributed by atoms with Gasteiger partial charge in [0.2, 0.25) is 5.91 Å². The molecule has 1 unspecified atom stereocenters. The van der Waals surface area contributed by atoms with Crippen LogP contribution in [0.5, 0.6) is 5.75 Å². The predicted octanol–water partition coefficient (Wildman–Crippen LogP) is 2.52. The number of hydrogen-bond donors (Lipinski definition) is 2. The molecular formula is C16H21NO4. The summed E-state index contributed by atoms with van der Waals surface area (Å²) in [6.07, 6.45) is 4.93. The molecule has 0 radical (unpaired) electrons. The Labute approximate surface area is 124 Å². The summed E-state index contributed by atoms with van der Waals surface area (Å²) in [5.74, 6) is -0.609. The van der Waals surface area contributed by atoms with Crippen LogP contribution in [0.15, 0.2) is 24.3 Å². The molecule has 2 rings (SSSR count). The smallest absolute Gasteiger partial charge is 0.330 e. The zero-order valence-corrected chi connectivity index (χ0v) is 12.2. The minimum atomic E-state index is -1.05. The van der Waals surface area contributed by atoms with Gasteiger partial charge in [-0.3, -0.25) is 4.79 Å². The number of methoxy groups -OCH3 is 1. The number of aliphatic carboxylic acids is 1. The normalized spacial score (nSPS) is 17.0. The van der Waals surface area contributed by atoms with Crippen molar-refractivity contribution in [3.8, 4) is 5.75 Å². The van der Waals surface area contributed by atoms with Crippen LogP contribution < -0.4 is 10.1 Å². The molecule has 1 aliphatic rings. The number of nitrogens with one attached hydrogen (secondary N) is 1. The second kappa shape index (κ2) is 7.11. The lowest BCUT2D eigenvalue weighted by atomic mass is 9.88. The quantitative estimate of drug-likeness (QED) is 0.874. The lowest BCUT2D eigenvalue weighted by Gasteiger charge is -2.23. The van der Waals surface area contributed by atoms with Gasteiger partial charge >= 0.3 is 5.97 Å². The van der Waals surface area contributed by atoms with Gasteiger partial charge in [-0.15, -0.1) is 0 Å². The molecule has 0 aromatic heterocycles. The fourth-order valence-electron chi connectivity index (χ4n) is 2.71. The molecule has 21 heavy (non-hydrogen) atoms. The molecular weight excluding hydrogens is 270 g/mol. The summed E-state index contributed by atoms with van der Waals surface area (Å²) in [5.41, 5.74) is 0.549. The number of ether oxygens (including phenoxy) is 1. The van der Waals surface area contributed by atoms with Gasteiger partial charge in [-0.2, -0.15) is 0 Å². The fourth-order valence-corrected chi connectivity index (χ4v) is 2.71. The number of benzene rings is 1. The number of rotatable bonds is 5. The van der Waals surface area contributed by atoms with E-state index < -0.39 is 12.0 Å². The third kappa shape index (κ3) is 3.97. The Morgan fingerprint density at radius 2 is 1.81 bits per heavy atom. The molecule has 1 fully saturated rings. The monoisotopic (exact) mass is 291 g/mol.